The lowest BCUT2D eigenvalue weighted by atomic mass is 10.2. The van der Waals surface area contributed by atoms with Crippen molar-refractivity contribution in [1.82, 2.24) is 4.90 Å². The fourth-order valence-corrected chi connectivity index (χ4v) is 5.67. The number of amides is 1. The molecule has 0 aliphatic rings. The summed E-state index contributed by atoms with van der Waals surface area (Å²) in [5.74, 6) is -0.231. The van der Waals surface area contributed by atoms with Crippen LogP contribution < -0.4 is 10.6 Å². The number of nitrogens with zero attached hydrogens (tertiary/aromatic N) is 1. The van der Waals surface area contributed by atoms with Crippen LogP contribution in [0.2, 0.25) is 0 Å². The molecule has 0 heterocycles. The predicted octanol–water partition coefficient (Wildman–Crippen LogP) is 4.17. The first kappa shape index (κ1) is 18.9. The van der Waals surface area contributed by atoms with E-state index in [9.17, 15) is 9.36 Å². The van der Waals surface area contributed by atoms with Crippen molar-refractivity contribution in [2.75, 3.05) is 6.29 Å². The smallest absolute Gasteiger partial charge is 0.246 e. The van der Waals surface area contributed by atoms with Crippen molar-refractivity contribution in [3.8, 4) is 0 Å². The molecule has 4 heteroatoms. The van der Waals surface area contributed by atoms with Crippen LogP contribution in [-0.2, 0) is 15.9 Å². The lowest BCUT2D eigenvalue weighted by Crippen LogP contribution is -2.34. The molecule has 0 N–H and O–H groups in total. The maximum atomic E-state index is 14.2. The molecule has 3 rings (SSSR count). The number of hydrogen-bond donors (Lipinski definition) is 0. The summed E-state index contributed by atoms with van der Waals surface area (Å²) >= 11 is 0. The average molecular weight is 375 g/mol. The van der Waals surface area contributed by atoms with Gasteiger partial charge in [-0.05, 0) is 11.6 Å². The van der Waals surface area contributed by atoms with Gasteiger partial charge in [-0.15, -0.1) is 0 Å². The summed E-state index contributed by atoms with van der Waals surface area (Å²) in [6, 6.07) is 28.5. The highest BCUT2D eigenvalue weighted by molar-refractivity contribution is 7.78. The highest BCUT2D eigenvalue weighted by Gasteiger charge is 2.31. The van der Waals surface area contributed by atoms with E-state index in [1.165, 1.54) is 6.08 Å². The summed E-state index contributed by atoms with van der Waals surface area (Å²) in [5, 5.41) is 1.48. The maximum Gasteiger partial charge on any atom is 0.246 e. The Kier molecular flexibility index (Phi) is 6.05. The summed E-state index contributed by atoms with van der Waals surface area (Å²) in [5.41, 5.74) is 0.986. The van der Waals surface area contributed by atoms with Crippen molar-refractivity contribution in [1.29, 1.82) is 0 Å². The van der Waals surface area contributed by atoms with Crippen molar-refractivity contribution in [3.05, 3.63) is 109 Å². The van der Waals surface area contributed by atoms with Crippen LogP contribution in [0.15, 0.2) is 104 Å². The number of carbonyl (C=O) groups is 1. The van der Waals surface area contributed by atoms with Crippen molar-refractivity contribution >= 4 is 23.7 Å². The summed E-state index contributed by atoms with van der Waals surface area (Å²) in [7, 11) is -3.03. The molecule has 3 aromatic carbocycles. The largest absolute Gasteiger partial charge is 0.327 e. The van der Waals surface area contributed by atoms with Gasteiger partial charge in [-0.1, -0.05) is 97.6 Å². The van der Waals surface area contributed by atoms with E-state index in [0.717, 1.165) is 16.2 Å². The van der Waals surface area contributed by atoms with Crippen LogP contribution in [-0.4, -0.2) is 17.1 Å². The van der Waals surface area contributed by atoms with E-state index in [2.05, 4.69) is 6.58 Å². The van der Waals surface area contributed by atoms with E-state index in [4.69, 9.17) is 0 Å². The maximum absolute atomic E-state index is 14.2. The SMILES string of the molecule is C=CC(=O)N(Cc1ccccc1)CP(=O)(c1ccccc1)c1ccccc1. The fraction of sp³-hybridized carbons (Fsp3) is 0.0870. The van der Waals surface area contributed by atoms with Gasteiger partial charge < -0.3 is 9.46 Å². The van der Waals surface area contributed by atoms with Crippen molar-refractivity contribution in [2.24, 2.45) is 0 Å². The first-order chi connectivity index (χ1) is 13.1. The number of benzene rings is 3. The molecule has 0 bridgehead atoms. The van der Waals surface area contributed by atoms with Gasteiger partial charge in [-0.25, -0.2) is 0 Å². The summed E-state index contributed by atoms with van der Waals surface area (Å²) in [6.45, 7) is 4.00. The van der Waals surface area contributed by atoms with Gasteiger partial charge in [0, 0.05) is 17.2 Å². The van der Waals surface area contributed by atoms with Gasteiger partial charge in [0.2, 0.25) is 5.91 Å². The Balaban J connectivity index is 2.02. The van der Waals surface area contributed by atoms with E-state index < -0.39 is 7.14 Å². The molecule has 3 nitrogen and oxygen atoms in total. The number of hydrogen-bond acceptors (Lipinski definition) is 2. The van der Waals surface area contributed by atoms with Crippen LogP contribution in [0.25, 0.3) is 0 Å². The molecule has 136 valence electrons. The van der Waals surface area contributed by atoms with Crippen molar-refractivity contribution < 1.29 is 9.36 Å². The van der Waals surface area contributed by atoms with E-state index in [-0.39, 0.29) is 12.2 Å². The Morgan fingerprint density at radius 2 is 1.26 bits per heavy atom. The van der Waals surface area contributed by atoms with Gasteiger partial charge in [-0.3, -0.25) is 4.79 Å². The summed E-state index contributed by atoms with van der Waals surface area (Å²) < 4.78 is 14.2. The van der Waals surface area contributed by atoms with Gasteiger partial charge in [0.25, 0.3) is 0 Å². The molecular formula is C23H22NO2P. The third-order valence-electron chi connectivity index (χ3n) is 4.42. The van der Waals surface area contributed by atoms with Crippen LogP contribution in [0, 0.1) is 0 Å². The lowest BCUT2D eigenvalue weighted by Gasteiger charge is -2.28. The Bertz CT molecular complexity index is 896. The van der Waals surface area contributed by atoms with Gasteiger partial charge in [0.15, 0.2) is 7.14 Å². The third-order valence-corrected chi connectivity index (χ3v) is 7.42. The van der Waals surface area contributed by atoms with Crippen LogP contribution in [0.5, 0.6) is 0 Å². The summed E-state index contributed by atoms with van der Waals surface area (Å²) in [6.07, 6.45) is 1.41. The van der Waals surface area contributed by atoms with E-state index in [1.807, 2.05) is 91.0 Å². The molecule has 0 saturated heterocycles. The van der Waals surface area contributed by atoms with Crippen LogP contribution in [0.1, 0.15) is 5.56 Å². The number of carbonyl (C=O) groups excluding carboxylic acids is 1. The Labute approximate surface area is 160 Å². The van der Waals surface area contributed by atoms with Gasteiger partial charge >= 0.3 is 0 Å². The van der Waals surface area contributed by atoms with E-state index in [0.29, 0.717) is 6.54 Å². The van der Waals surface area contributed by atoms with Crippen LogP contribution >= 0.6 is 7.14 Å². The zero-order valence-corrected chi connectivity index (χ0v) is 16.0. The molecule has 0 aliphatic carbocycles. The standard InChI is InChI=1S/C23H22NO2P/c1-2-23(25)24(18-20-12-6-3-7-13-20)19-27(26,21-14-8-4-9-15-21)22-16-10-5-11-17-22/h2-17H,1,18-19H2. The number of rotatable bonds is 7. The molecule has 0 atom stereocenters. The molecule has 0 saturated carbocycles. The minimum absolute atomic E-state index is 0.126. The van der Waals surface area contributed by atoms with Crippen LogP contribution in [0.3, 0.4) is 0 Å². The Morgan fingerprint density at radius 1 is 0.815 bits per heavy atom. The van der Waals surface area contributed by atoms with Crippen LogP contribution in [0.4, 0.5) is 0 Å². The topological polar surface area (TPSA) is 37.4 Å². The highest BCUT2D eigenvalue weighted by atomic mass is 31.2. The minimum atomic E-state index is -3.03. The normalized spacial score (nSPS) is 11.0. The zero-order chi connectivity index (χ0) is 19.1. The molecule has 0 spiro atoms. The minimum Gasteiger partial charge on any atom is -0.327 e. The van der Waals surface area contributed by atoms with E-state index in [1.54, 1.807) is 4.90 Å². The Morgan fingerprint density at radius 3 is 1.70 bits per heavy atom. The first-order valence-electron chi connectivity index (χ1n) is 8.79. The zero-order valence-electron chi connectivity index (χ0n) is 15.1. The fourth-order valence-electron chi connectivity index (χ4n) is 3.02. The second-order valence-corrected chi connectivity index (χ2v) is 9.07. The van der Waals surface area contributed by atoms with Gasteiger partial charge in [-0.2, -0.15) is 0 Å². The second kappa shape index (κ2) is 8.66. The first-order valence-corrected chi connectivity index (χ1v) is 10.7. The van der Waals surface area contributed by atoms with E-state index >= 15 is 0 Å². The Hall–Kier alpha value is -2.90. The molecule has 0 aromatic heterocycles. The molecular weight excluding hydrogens is 353 g/mol. The average Bonchev–Trinajstić information content (AvgIpc) is 2.74. The van der Waals surface area contributed by atoms with Gasteiger partial charge in [0.1, 0.15) is 0 Å². The third kappa shape index (κ3) is 4.45. The monoisotopic (exact) mass is 375 g/mol. The molecule has 27 heavy (non-hydrogen) atoms. The lowest BCUT2D eigenvalue weighted by molar-refractivity contribution is -0.125. The molecule has 1 amide bonds. The second-order valence-electron chi connectivity index (χ2n) is 6.28. The molecule has 0 fully saturated rings. The van der Waals surface area contributed by atoms with Crippen molar-refractivity contribution in [2.45, 2.75) is 6.54 Å². The predicted molar refractivity (Wildman–Crippen MR) is 112 cm³/mol. The molecule has 3 aromatic rings. The van der Waals surface area contributed by atoms with Gasteiger partial charge in [0.05, 0.1) is 6.29 Å². The quantitative estimate of drug-likeness (QED) is 0.459. The molecule has 0 aliphatic heterocycles. The highest BCUT2D eigenvalue weighted by Crippen LogP contribution is 2.44. The summed E-state index contributed by atoms with van der Waals surface area (Å²) in [4.78, 5) is 14.2. The van der Waals surface area contributed by atoms with Crippen molar-refractivity contribution in [3.63, 3.8) is 0 Å². The molecule has 0 unspecified atom stereocenters. The molecule has 0 radical (unpaired) electrons.